The second kappa shape index (κ2) is 12.1. The Bertz CT molecular complexity index is 213. The molecule has 0 heterocycles. The average Bonchev–Trinajstić information content (AvgIpc) is 1.87. The first-order chi connectivity index (χ1) is 5.13. The third kappa shape index (κ3) is 18.8. The fourth-order valence-electron chi connectivity index (χ4n) is 0.478. The van der Waals surface area contributed by atoms with Crippen LogP contribution in [0.2, 0.25) is 0 Å². The molecule has 0 bridgehead atoms. The summed E-state index contributed by atoms with van der Waals surface area (Å²) in [6.07, 6.45) is 0. The van der Waals surface area contributed by atoms with Gasteiger partial charge in [0.2, 0.25) is 0 Å². The Morgan fingerprint density at radius 3 is 1.69 bits per heavy atom. The number of halogens is 2. The van der Waals surface area contributed by atoms with Gasteiger partial charge in [-0.2, -0.15) is 0 Å². The lowest BCUT2D eigenvalue weighted by Crippen LogP contribution is -3.00. The summed E-state index contributed by atoms with van der Waals surface area (Å²) in [5.74, 6) is -1.08. The molecule has 3 N–H and O–H groups in total. The molecule has 0 aliphatic rings. The Labute approximate surface area is 112 Å². The van der Waals surface area contributed by atoms with Crippen molar-refractivity contribution in [2.45, 2.75) is 6.92 Å². The molecule has 0 atom stereocenters. The standard InChI is InChI=1S/C6H7N.C2H4O2.2HI/c7-6-4-2-1-3-5-6;1-2(3)4;;/h1-5H,7H2;1H3,(H,3,4);2*1H/p-2. The van der Waals surface area contributed by atoms with Gasteiger partial charge in [0.05, 0.1) is 0 Å². The van der Waals surface area contributed by atoms with Crippen LogP contribution in [0, 0.1) is 0 Å². The number of carbonyl (C=O) groups excluding carboxylic acids is 1. The first-order valence-electron chi connectivity index (χ1n) is 3.17. The first-order valence-corrected chi connectivity index (χ1v) is 3.17. The van der Waals surface area contributed by atoms with Crippen molar-refractivity contribution in [1.29, 1.82) is 0 Å². The van der Waals surface area contributed by atoms with Crippen molar-refractivity contribution in [1.82, 2.24) is 0 Å². The maximum absolute atomic E-state index is 8.89. The average molecular weight is 407 g/mol. The molecule has 0 saturated carbocycles. The maximum atomic E-state index is 8.89. The summed E-state index contributed by atoms with van der Waals surface area (Å²) in [6, 6.07) is 9.87. The largest absolute Gasteiger partial charge is 1.00 e. The van der Waals surface area contributed by atoms with E-state index in [1.54, 1.807) is 0 Å². The number of carboxylic acid groups (broad SMARTS) is 1. The van der Waals surface area contributed by atoms with E-state index in [2.05, 4.69) is 5.73 Å². The van der Waals surface area contributed by atoms with Crippen LogP contribution in [-0.2, 0) is 4.79 Å². The van der Waals surface area contributed by atoms with Gasteiger partial charge in [0, 0.05) is 5.97 Å². The molecule has 76 valence electrons. The Balaban J connectivity index is -0.000000150. The van der Waals surface area contributed by atoms with E-state index in [0.717, 1.165) is 12.6 Å². The van der Waals surface area contributed by atoms with Gasteiger partial charge in [0.25, 0.3) is 0 Å². The molecule has 0 spiro atoms. The van der Waals surface area contributed by atoms with Gasteiger partial charge in [-0.25, -0.2) is 0 Å². The molecule has 0 aliphatic heterocycles. The summed E-state index contributed by atoms with van der Waals surface area (Å²) in [5.41, 5.74) is 4.79. The summed E-state index contributed by atoms with van der Waals surface area (Å²) in [4.78, 5) is 8.89. The highest BCUT2D eigenvalue weighted by Gasteiger charge is 1.77. The number of carbonyl (C=O) groups is 1. The minimum absolute atomic E-state index is 0. The lowest BCUT2D eigenvalue weighted by atomic mass is 10.3. The molecule has 1 aromatic carbocycles. The first kappa shape index (κ1) is 18.8. The maximum Gasteiger partial charge on any atom is 0.127 e. The number of rotatable bonds is 0. The predicted octanol–water partition coefficient (Wildman–Crippen LogP) is -6.68. The molecule has 0 saturated heterocycles. The molecule has 0 aliphatic carbocycles. The molecule has 1 aromatic rings. The summed E-state index contributed by atoms with van der Waals surface area (Å²) in [6.45, 7) is 0.972. The molecular formula is C8H11I2NO2-2. The molecule has 5 heteroatoms. The van der Waals surface area contributed by atoms with Gasteiger partial charge in [0.1, 0.15) is 5.69 Å². The zero-order chi connectivity index (χ0) is 8.69. The summed E-state index contributed by atoms with van der Waals surface area (Å²) < 4.78 is 0. The Hall–Kier alpha value is 0.110. The van der Waals surface area contributed by atoms with Crippen molar-refractivity contribution in [2.75, 3.05) is 0 Å². The van der Waals surface area contributed by atoms with Gasteiger partial charge < -0.3 is 63.6 Å². The Kier molecular flexibility index (Phi) is 17.5. The SMILES string of the molecule is CC(=O)[O-].[I-].[I-].[NH3+]c1ccccc1. The second-order valence-electron chi connectivity index (χ2n) is 1.98. The van der Waals surface area contributed by atoms with Crippen LogP contribution in [0.5, 0.6) is 0 Å². The minimum atomic E-state index is -1.08. The number of quaternary nitrogens is 1. The number of aliphatic carboxylic acids is 1. The number of hydrogen-bond donors (Lipinski definition) is 1. The summed E-state index contributed by atoms with van der Waals surface area (Å²) in [5, 5.41) is 8.89. The van der Waals surface area contributed by atoms with Gasteiger partial charge in [-0.15, -0.1) is 0 Å². The van der Waals surface area contributed by atoms with Crippen LogP contribution in [0.15, 0.2) is 30.3 Å². The van der Waals surface area contributed by atoms with Crippen LogP contribution < -0.4 is 58.8 Å². The fourth-order valence-corrected chi connectivity index (χ4v) is 0.478. The normalized spacial score (nSPS) is 6.62. The predicted molar refractivity (Wildman–Crippen MR) is 39.7 cm³/mol. The minimum Gasteiger partial charge on any atom is -1.00 e. The topological polar surface area (TPSA) is 67.8 Å². The van der Waals surface area contributed by atoms with Crippen LogP contribution in [0.1, 0.15) is 6.92 Å². The number of carboxylic acids is 1. The van der Waals surface area contributed by atoms with Crippen LogP contribution in [0.3, 0.4) is 0 Å². The molecule has 13 heavy (non-hydrogen) atoms. The molecular weight excluding hydrogens is 396 g/mol. The highest BCUT2D eigenvalue weighted by molar-refractivity contribution is 5.60. The van der Waals surface area contributed by atoms with Crippen molar-refractivity contribution in [3.8, 4) is 0 Å². The number of benzene rings is 1. The molecule has 0 radical (unpaired) electrons. The van der Waals surface area contributed by atoms with E-state index in [-0.39, 0.29) is 48.0 Å². The molecule has 1 rings (SSSR count). The molecule has 3 nitrogen and oxygen atoms in total. The zero-order valence-electron chi connectivity index (χ0n) is 7.17. The lowest BCUT2D eigenvalue weighted by Gasteiger charge is -1.78. The van der Waals surface area contributed by atoms with E-state index < -0.39 is 5.97 Å². The fraction of sp³-hybridized carbons (Fsp3) is 0.125. The highest BCUT2D eigenvalue weighted by Crippen LogP contribution is 1.93. The van der Waals surface area contributed by atoms with Crippen molar-refractivity contribution in [3.63, 3.8) is 0 Å². The quantitative estimate of drug-likeness (QED) is 0.435. The van der Waals surface area contributed by atoms with E-state index in [9.17, 15) is 0 Å². The van der Waals surface area contributed by atoms with Gasteiger partial charge >= 0.3 is 0 Å². The van der Waals surface area contributed by atoms with E-state index in [1.807, 2.05) is 30.3 Å². The summed E-state index contributed by atoms with van der Waals surface area (Å²) >= 11 is 0. The van der Waals surface area contributed by atoms with Crippen LogP contribution in [0.25, 0.3) is 0 Å². The third-order valence-corrected chi connectivity index (χ3v) is 0.843. The van der Waals surface area contributed by atoms with Gasteiger partial charge in [-0.05, 0) is 19.1 Å². The van der Waals surface area contributed by atoms with E-state index >= 15 is 0 Å². The van der Waals surface area contributed by atoms with Gasteiger partial charge in [0.15, 0.2) is 0 Å². The molecule has 0 amide bonds. The molecule has 0 unspecified atom stereocenters. The van der Waals surface area contributed by atoms with Gasteiger partial charge in [-0.1, -0.05) is 18.2 Å². The van der Waals surface area contributed by atoms with Crippen molar-refractivity contribution in [2.24, 2.45) is 0 Å². The van der Waals surface area contributed by atoms with Crippen molar-refractivity contribution in [3.05, 3.63) is 30.3 Å². The van der Waals surface area contributed by atoms with E-state index in [1.165, 1.54) is 0 Å². The highest BCUT2D eigenvalue weighted by atomic mass is 127. The van der Waals surface area contributed by atoms with E-state index in [4.69, 9.17) is 9.90 Å². The third-order valence-electron chi connectivity index (χ3n) is 0.843. The smallest absolute Gasteiger partial charge is 0.127 e. The van der Waals surface area contributed by atoms with Crippen LogP contribution in [-0.4, -0.2) is 5.97 Å². The lowest BCUT2D eigenvalue weighted by molar-refractivity contribution is -0.302. The van der Waals surface area contributed by atoms with E-state index in [0.29, 0.717) is 0 Å². The number of hydrogen-bond acceptors (Lipinski definition) is 2. The van der Waals surface area contributed by atoms with Crippen molar-refractivity contribution < 1.29 is 63.6 Å². The molecule has 0 fully saturated rings. The monoisotopic (exact) mass is 407 g/mol. The van der Waals surface area contributed by atoms with Crippen LogP contribution >= 0.6 is 0 Å². The second-order valence-corrected chi connectivity index (χ2v) is 1.98. The van der Waals surface area contributed by atoms with Crippen LogP contribution in [0.4, 0.5) is 5.69 Å². The van der Waals surface area contributed by atoms with Gasteiger partial charge in [-0.3, -0.25) is 0 Å². The van der Waals surface area contributed by atoms with Crippen molar-refractivity contribution >= 4 is 11.7 Å². The Morgan fingerprint density at radius 1 is 1.23 bits per heavy atom. The zero-order valence-corrected chi connectivity index (χ0v) is 11.5. The Morgan fingerprint density at radius 2 is 1.54 bits per heavy atom. The summed E-state index contributed by atoms with van der Waals surface area (Å²) in [7, 11) is 0. The molecule has 0 aromatic heterocycles.